The number of nitrogens with zero attached hydrogens (tertiary/aromatic N) is 1. The largest absolute Gasteiger partial charge is 0.493 e. The zero-order valence-corrected chi connectivity index (χ0v) is 21.6. The number of hydrogen-bond donors (Lipinski definition) is 0. The molecular formula is C29H31NO7. The van der Waals surface area contributed by atoms with E-state index in [-0.39, 0.29) is 5.91 Å². The van der Waals surface area contributed by atoms with E-state index >= 15 is 0 Å². The fourth-order valence-electron chi connectivity index (χ4n) is 4.77. The van der Waals surface area contributed by atoms with Crippen LogP contribution in [0.15, 0.2) is 60.7 Å². The summed E-state index contributed by atoms with van der Waals surface area (Å²) in [6, 6.07) is 18.0. The Kier molecular flexibility index (Phi) is 7.86. The molecule has 2 atom stereocenters. The van der Waals surface area contributed by atoms with Gasteiger partial charge in [0.05, 0.1) is 34.5 Å². The standard InChI is InChI=1S/C29H31NO7/c1-18(31)37-28(19-9-7-6-8-10-19)29(32)30-14-13-20-15-25(35-4)26(36-5)17-22(20)27(30)21-11-12-23(33-2)24(16-21)34-3/h6-12,15-17,27-28H,13-14H2,1-5H3/t27-,28-/m1/s1. The third kappa shape index (κ3) is 5.18. The highest BCUT2D eigenvalue weighted by atomic mass is 16.5. The molecular weight excluding hydrogens is 474 g/mol. The van der Waals surface area contributed by atoms with E-state index in [1.54, 1.807) is 45.5 Å². The van der Waals surface area contributed by atoms with Gasteiger partial charge in [-0.2, -0.15) is 0 Å². The predicted octanol–water partition coefficient (Wildman–Crippen LogP) is 4.50. The van der Waals surface area contributed by atoms with E-state index in [9.17, 15) is 9.59 Å². The molecule has 0 aromatic heterocycles. The number of ether oxygens (including phenoxy) is 5. The molecule has 1 amide bonds. The van der Waals surface area contributed by atoms with Gasteiger partial charge in [-0.15, -0.1) is 0 Å². The highest BCUT2D eigenvalue weighted by Crippen LogP contribution is 2.43. The fourth-order valence-corrected chi connectivity index (χ4v) is 4.77. The van der Waals surface area contributed by atoms with E-state index in [0.29, 0.717) is 41.5 Å². The highest BCUT2D eigenvalue weighted by Gasteiger charge is 2.38. The molecule has 0 unspecified atom stereocenters. The summed E-state index contributed by atoms with van der Waals surface area (Å²) in [4.78, 5) is 27.9. The summed E-state index contributed by atoms with van der Waals surface area (Å²) in [5.74, 6) is 1.44. The Morgan fingerprint density at radius 3 is 2.05 bits per heavy atom. The van der Waals surface area contributed by atoms with E-state index in [1.165, 1.54) is 6.92 Å². The predicted molar refractivity (Wildman–Crippen MR) is 137 cm³/mol. The molecule has 4 rings (SSSR count). The van der Waals surface area contributed by atoms with E-state index < -0.39 is 18.1 Å². The van der Waals surface area contributed by atoms with Gasteiger partial charge in [0.2, 0.25) is 6.10 Å². The number of esters is 1. The van der Waals surface area contributed by atoms with Crippen molar-refractivity contribution in [3.8, 4) is 23.0 Å². The van der Waals surface area contributed by atoms with E-state index in [0.717, 1.165) is 16.7 Å². The van der Waals surface area contributed by atoms with Crippen LogP contribution in [0.5, 0.6) is 23.0 Å². The maximum atomic E-state index is 14.1. The Morgan fingerprint density at radius 1 is 0.811 bits per heavy atom. The SMILES string of the molecule is COc1ccc([C@@H]2c3cc(OC)c(OC)cc3CCN2C(=O)[C@H](OC(C)=O)c2ccccc2)cc1OC. The lowest BCUT2D eigenvalue weighted by molar-refractivity contribution is -0.160. The number of benzene rings is 3. The van der Waals surface area contributed by atoms with E-state index in [2.05, 4.69) is 0 Å². The second-order valence-electron chi connectivity index (χ2n) is 8.60. The molecule has 1 aliphatic heterocycles. The number of carbonyl (C=O) groups is 2. The lowest BCUT2D eigenvalue weighted by Gasteiger charge is -2.39. The third-order valence-corrected chi connectivity index (χ3v) is 6.49. The molecule has 1 heterocycles. The number of hydrogen-bond acceptors (Lipinski definition) is 7. The van der Waals surface area contributed by atoms with Crippen molar-refractivity contribution in [1.29, 1.82) is 0 Å². The third-order valence-electron chi connectivity index (χ3n) is 6.49. The van der Waals surface area contributed by atoms with Crippen LogP contribution in [0, 0.1) is 0 Å². The van der Waals surface area contributed by atoms with Gasteiger partial charge in [-0.25, -0.2) is 0 Å². The lowest BCUT2D eigenvalue weighted by Crippen LogP contribution is -2.44. The average molecular weight is 506 g/mol. The molecule has 0 aliphatic carbocycles. The highest BCUT2D eigenvalue weighted by molar-refractivity contribution is 5.86. The first-order valence-corrected chi connectivity index (χ1v) is 11.9. The van der Waals surface area contributed by atoms with Crippen LogP contribution >= 0.6 is 0 Å². The molecule has 0 N–H and O–H groups in total. The number of rotatable bonds is 8. The summed E-state index contributed by atoms with van der Waals surface area (Å²) in [7, 11) is 6.31. The molecule has 8 nitrogen and oxygen atoms in total. The first kappa shape index (κ1) is 25.9. The molecule has 0 saturated heterocycles. The Balaban J connectivity index is 1.87. The Bertz CT molecular complexity index is 1270. The zero-order chi connectivity index (χ0) is 26.5. The van der Waals surface area contributed by atoms with Crippen LogP contribution in [-0.4, -0.2) is 51.8 Å². The molecule has 3 aromatic carbocycles. The Hall–Kier alpha value is -4.20. The minimum absolute atomic E-state index is 0.318. The zero-order valence-electron chi connectivity index (χ0n) is 21.6. The van der Waals surface area contributed by atoms with Crippen molar-refractivity contribution in [3.63, 3.8) is 0 Å². The fraction of sp³-hybridized carbons (Fsp3) is 0.310. The molecule has 0 radical (unpaired) electrons. The van der Waals surface area contributed by atoms with Gasteiger partial charge in [-0.1, -0.05) is 36.4 Å². The summed E-state index contributed by atoms with van der Waals surface area (Å²) in [5, 5.41) is 0. The Morgan fingerprint density at radius 2 is 1.43 bits per heavy atom. The van der Waals surface area contributed by atoms with Crippen molar-refractivity contribution in [2.45, 2.75) is 25.5 Å². The van der Waals surface area contributed by atoms with Crippen molar-refractivity contribution in [1.82, 2.24) is 4.90 Å². The molecule has 0 saturated carbocycles. The maximum Gasteiger partial charge on any atom is 0.303 e. The minimum atomic E-state index is -1.08. The van der Waals surface area contributed by atoms with Crippen LogP contribution in [0.1, 0.15) is 41.3 Å². The summed E-state index contributed by atoms with van der Waals surface area (Å²) >= 11 is 0. The van der Waals surface area contributed by atoms with Crippen molar-refractivity contribution in [2.75, 3.05) is 35.0 Å². The molecule has 8 heteroatoms. The van der Waals surface area contributed by atoms with Crippen molar-refractivity contribution in [2.24, 2.45) is 0 Å². The van der Waals surface area contributed by atoms with Crippen LogP contribution in [0.3, 0.4) is 0 Å². The molecule has 3 aromatic rings. The number of methoxy groups -OCH3 is 4. The van der Waals surface area contributed by atoms with Gasteiger partial charge in [0, 0.05) is 19.0 Å². The summed E-state index contributed by atoms with van der Waals surface area (Å²) in [6.45, 7) is 1.71. The Labute approximate surface area is 216 Å². The molecule has 0 bridgehead atoms. The van der Waals surface area contributed by atoms with Crippen LogP contribution in [-0.2, 0) is 20.7 Å². The van der Waals surface area contributed by atoms with Gasteiger partial charge in [-0.05, 0) is 47.4 Å². The second kappa shape index (κ2) is 11.2. The maximum absolute atomic E-state index is 14.1. The van der Waals surface area contributed by atoms with Gasteiger partial charge in [0.1, 0.15) is 0 Å². The van der Waals surface area contributed by atoms with Crippen LogP contribution < -0.4 is 18.9 Å². The van der Waals surface area contributed by atoms with Gasteiger partial charge in [-0.3, -0.25) is 9.59 Å². The molecule has 0 fully saturated rings. The number of carbonyl (C=O) groups excluding carboxylic acids is 2. The van der Waals surface area contributed by atoms with Gasteiger partial charge < -0.3 is 28.6 Å². The molecule has 1 aliphatic rings. The van der Waals surface area contributed by atoms with Gasteiger partial charge in [0.15, 0.2) is 23.0 Å². The first-order valence-electron chi connectivity index (χ1n) is 11.9. The van der Waals surface area contributed by atoms with Gasteiger partial charge in [0.25, 0.3) is 5.91 Å². The molecule has 0 spiro atoms. The second-order valence-corrected chi connectivity index (χ2v) is 8.60. The summed E-state index contributed by atoms with van der Waals surface area (Å²) < 4.78 is 27.7. The number of amides is 1. The summed E-state index contributed by atoms with van der Waals surface area (Å²) in [6.07, 6.45) is -0.490. The molecule has 37 heavy (non-hydrogen) atoms. The monoisotopic (exact) mass is 505 g/mol. The molecule has 194 valence electrons. The van der Waals surface area contributed by atoms with Crippen molar-refractivity contribution in [3.05, 3.63) is 82.9 Å². The van der Waals surface area contributed by atoms with Crippen LogP contribution in [0.4, 0.5) is 0 Å². The van der Waals surface area contributed by atoms with E-state index in [4.69, 9.17) is 23.7 Å². The average Bonchev–Trinajstić information content (AvgIpc) is 2.94. The minimum Gasteiger partial charge on any atom is -0.493 e. The summed E-state index contributed by atoms with van der Waals surface area (Å²) in [5.41, 5.74) is 3.34. The lowest BCUT2D eigenvalue weighted by atomic mass is 9.86. The van der Waals surface area contributed by atoms with Crippen LogP contribution in [0.2, 0.25) is 0 Å². The van der Waals surface area contributed by atoms with E-state index in [1.807, 2.05) is 48.5 Å². The van der Waals surface area contributed by atoms with Crippen LogP contribution in [0.25, 0.3) is 0 Å². The number of fused-ring (bicyclic) bond motifs is 1. The smallest absolute Gasteiger partial charge is 0.303 e. The normalized spacial score (nSPS) is 15.3. The van der Waals surface area contributed by atoms with Crippen molar-refractivity contribution < 1.29 is 33.3 Å². The van der Waals surface area contributed by atoms with Gasteiger partial charge >= 0.3 is 5.97 Å². The topological polar surface area (TPSA) is 83.5 Å². The first-order chi connectivity index (χ1) is 17.9. The quantitative estimate of drug-likeness (QED) is 0.417. The van der Waals surface area contributed by atoms with Crippen molar-refractivity contribution >= 4 is 11.9 Å².